The molecule has 0 unspecified atom stereocenters. The molecule has 0 radical (unpaired) electrons. The second-order valence-electron chi connectivity index (χ2n) is 4.47. The largest absolute Gasteiger partial charge is 0.378 e. The van der Waals surface area contributed by atoms with Gasteiger partial charge in [0.1, 0.15) is 0 Å². The summed E-state index contributed by atoms with van der Waals surface area (Å²) >= 11 is 0. The lowest BCUT2D eigenvalue weighted by Gasteiger charge is -2.29. The van der Waals surface area contributed by atoms with Crippen LogP contribution in [0.4, 0.5) is 5.69 Å². The Balaban J connectivity index is 2.07. The predicted molar refractivity (Wildman–Crippen MR) is 72.1 cm³/mol. The smallest absolute Gasteiger partial charge is 0.253 e. The van der Waals surface area contributed by atoms with Crippen LogP contribution >= 0.6 is 0 Å². The van der Waals surface area contributed by atoms with Gasteiger partial charge in [-0.15, -0.1) is 0 Å². The molecule has 1 amide bonds. The molecule has 0 aliphatic carbocycles. The van der Waals surface area contributed by atoms with Crippen LogP contribution < -0.4 is 4.90 Å². The van der Waals surface area contributed by atoms with Crippen LogP contribution in [0.15, 0.2) is 24.3 Å². The summed E-state index contributed by atoms with van der Waals surface area (Å²) in [4.78, 5) is 15.9. The molecule has 1 fully saturated rings. The maximum atomic E-state index is 12.0. The Labute approximate surface area is 108 Å². The first-order valence-electron chi connectivity index (χ1n) is 6.40. The van der Waals surface area contributed by atoms with E-state index in [2.05, 4.69) is 4.90 Å². The highest BCUT2D eigenvalue weighted by Gasteiger charge is 2.13. The minimum absolute atomic E-state index is 0.0750. The van der Waals surface area contributed by atoms with Crippen molar-refractivity contribution in [2.45, 2.75) is 6.92 Å². The summed E-state index contributed by atoms with van der Waals surface area (Å²) in [6, 6.07) is 7.84. The molecule has 2 rings (SSSR count). The lowest BCUT2D eigenvalue weighted by molar-refractivity contribution is 0.0802. The number of morpholine rings is 1. The third kappa shape index (κ3) is 2.82. The Bertz CT molecular complexity index is 397. The monoisotopic (exact) mass is 248 g/mol. The first kappa shape index (κ1) is 12.9. The minimum atomic E-state index is 0.0750. The number of nitrogens with zero attached hydrogens (tertiary/aromatic N) is 2. The van der Waals surface area contributed by atoms with Crippen molar-refractivity contribution in [1.29, 1.82) is 0 Å². The van der Waals surface area contributed by atoms with Gasteiger partial charge in [-0.2, -0.15) is 0 Å². The Kier molecular flexibility index (Phi) is 4.20. The van der Waals surface area contributed by atoms with E-state index in [4.69, 9.17) is 4.74 Å². The maximum absolute atomic E-state index is 12.0. The SMILES string of the molecule is CCN(C)C(=O)c1ccc(N2CCOCC2)cc1. The summed E-state index contributed by atoms with van der Waals surface area (Å²) in [6.45, 7) is 6.09. The van der Waals surface area contributed by atoms with Crippen LogP contribution in [0, 0.1) is 0 Å². The number of carbonyl (C=O) groups is 1. The van der Waals surface area contributed by atoms with Gasteiger partial charge in [0.15, 0.2) is 0 Å². The van der Waals surface area contributed by atoms with Crippen molar-refractivity contribution in [3.63, 3.8) is 0 Å². The first-order valence-corrected chi connectivity index (χ1v) is 6.40. The Morgan fingerprint density at radius 3 is 2.44 bits per heavy atom. The molecule has 0 bridgehead atoms. The zero-order valence-corrected chi connectivity index (χ0v) is 11.1. The highest BCUT2D eigenvalue weighted by molar-refractivity contribution is 5.94. The van der Waals surface area contributed by atoms with Gasteiger partial charge < -0.3 is 14.5 Å². The predicted octanol–water partition coefficient (Wildman–Crippen LogP) is 1.62. The van der Waals surface area contributed by atoms with E-state index in [1.54, 1.807) is 4.90 Å². The highest BCUT2D eigenvalue weighted by atomic mass is 16.5. The molecule has 1 aromatic rings. The molecule has 4 heteroatoms. The molecule has 4 nitrogen and oxygen atoms in total. The Hall–Kier alpha value is -1.55. The van der Waals surface area contributed by atoms with Crippen LogP contribution in [0.2, 0.25) is 0 Å². The average molecular weight is 248 g/mol. The normalized spacial score (nSPS) is 15.6. The van der Waals surface area contributed by atoms with Crippen LogP contribution in [-0.2, 0) is 4.74 Å². The van der Waals surface area contributed by atoms with Crippen molar-refractivity contribution < 1.29 is 9.53 Å². The van der Waals surface area contributed by atoms with Gasteiger partial charge in [0.05, 0.1) is 13.2 Å². The summed E-state index contributed by atoms with van der Waals surface area (Å²) in [6.07, 6.45) is 0. The Morgan fingerprint density at radius 2 is 1.89 bits per heavy atom. The van der Waals surface area contributed by atoms with E-state index < -0.39 is 0 Å². The van der Waals surface area contributed by atoms with Crippen molar-refractivity contribution in [3.05, 3.63) is 29.8 Å². The quantitative estimate of drug-likeness (QED) is 0.815. The molecule has 0 spiro atoms. The summed E-state index contributed by atoms with van der Waals surface area (Å²) in [5, 5.41) is 0. The van der Waals surface area contributed by atoms with E-state index in [0.29, 0.717) is 0 Å². The van der Waals surface area contributed by atoms with Crippen molar-refractivity contribution in [2.24, 2.45) is 0 Å². The fourth-order valence-corrected chi connectivity index (χ4v) is 2.00. The van der Waals surface area contributed by atoms with Gasteiger partial charge in [-0.1, -0.05) is 0 Å². The molecule has 1 aromatic carbocycles. The van der Waals surface area contributed by atoms with E-state index in [1.165, 1.54) is 0 Å². The second kappa shape index (κ2) is 5.87. The average Bonchev–Trinajstić information content (AvgIpc) is 2.47. The van der Waals surface area contributed by atoms with Crippen molar-refractivity contribution in [2.75, 3.05) is 44.8 Å². The van der Waals surface area contributed by atoms with Gasteiger partial charge in [-0.05, 0) is 31.2 Å². The molecule has 0 N–H and O–H groups in total. The summed E-state index contributed by atoms with van der Waals surface area (Å²) in [5.74, 6) is 0.0750. The van der Waals surface area contributed by atoms with Gasteiger partial charge in [0, 0.05) is 37.9 Å². The number of ether oxygens (including phenoxy) is 1. The zero-order valence-electron chi connectivity index (χ0n) is 11.1. The van der Waals surface area contributed by atoms with E-state index in [0.717, 1.165) is 44.1 Å². The topological polar surface area (TPSA) is 32.8 Å². The lowest BCUT2D eigenvalue weighted by Crippen LogP contribution is -2.36. The van der Waals surface area contributed by atoms with Crippen molar-refractivity contribution >= 4 is 11.6 Å². The molecule has 1 saturated heterocycles. The van der Waals surface area contributed by atoms with Gasteiger partial charge in [-0.25, -0.2) is 0 Å². The molecular formula is C14H20N2O2. The number of amides is 1. The molecule has 1 aliphatic rings. The van der Waals surface area contributed by atoms with Gasteiger partial charge in [0.2, 0.25) is 0 Å². The molecule has 0 atom stereocenters. The van der Waals surface area contributed by atoms with Crippen molar-refractivity contribution in [1.82, 2.24) is 4.90 Å². The first-order chi connectivity index (χ1) is 8.72. The van der Waals surface area contributed by atoms with E-state index >= 15 is 0 Å². The maximum Gasteiger partial charge on any atom is 0.253 e. The fraction of sp³-hybridized carbons (Fsp3) is 0.500. The third-order valence-electron chi connectivity index (χ3n) is 3.31. The lowest BCUT2D eigenvalue weighted by atomic mass is 10.1. The van der Waals surface area contributed by atoms with E-state index in [1.807, 2.05) is 38.2 Å². The summed E-state index contributed by atoms with van der Waals surface area (Å²) in [7, 11) is 1.82. The van der Waals surface area contributed by atoms with E-state index in [-0.39, 0.29) is 5.91 Å². The van der Waals surface area contributed by atoms with Crippen LogP contribution in [0.5, 0.6) is 0 Å². The summed E-state index contributed by atoms with van der Waals surface area (Å²) < 4.78 is 5.33. The molecule has 18 heavy (non-hydrogen) atoms. The number of rotatable bonds is 3. The minimum Gasteiger partial charge on any atom is -0.378 e. The number of benzene rings is 1. The summed E-state index contributed by atoms with van der Waals surface area (Å²) in [5.41, 5.74) is 1.91. The van der Waals surface area contributed by atoms with E-state index in [9.17, 15) is 4.79 Å². The van der Waals surface area contributed by atoms with Gasteiger partial charge in [0.25, 0.3) is 5.91 Å². The number of hydrogen-bond acceptors (Lipinski definition) is 3. The molecule has 0 aromatic heterocycles. The molecular weight excluding hydrogens is 228 g/mol. The standard InChI is InChI=1S/C14H20N2O2/c1-3-15(2)14(17)12-4-6-13(7-5-12)16-8-10-18-11-9-16/h4-7H,3,8-11H2,1-2H3. The second-order valence-corrected chi connectivity index (χ2v) is 4.47. The highest BCUT2D eigenvalue weighted by Crippen LogP contribution is 2.17. The van der Waals surface area contributed by atoms with Crippen molar-refractivity contribution in [3.8, 4) is 0 Å². The number of anilines is 1. The van der Waals surface area contributed by atoms with Crippen LogP contribution in [0.1, 0.15) is 17.3 Å². The molecule has 0 saturated carbocycles. The molecule has 1 aliphatic heterocycles. The van der Waals surface area contributed by atoms with Crippen LogP contribution in [0.25, 0.3) is 0 Å². The Morgan fingerprint density at radius 1 is 1.28 bits per heavy atom. The van der Waals surface area contributed by atoms with Gasteiger partial charge in [-0.3, -0.25) is 4.79 Å². The number of hydrogen-bond donors (Lipinski definition) is 0. The molecule has 1 heterocycles. The van der Waals surface area contributed by atoms with Crippen LogP contribution in [-0.4, -0.2) is 50.7 Å². The third-order valence-corrected chi connectivity index (χ3v) is 3.31. The van der Waals surface area contributed by atoms with Gasteiger partial charge >= 0.3 is 0 Å². The number of carbonyl (C=O) groups excluding carboxylic acids is 1. The van der Waals surface area contributed by atoms with Crippen LogP contribution in [0.3, 0.4) is 0 Å². The zero-order chi connectivity index (χ0) is 13.0. The molecule has 98 valence electrons. The fourth-order valence-electron chi connectivity index (χ4n) is 2.00.